The second kappa shape index (κ2) is 4.20. The van der Waals surface area contributed by atoms with Crippen molar-refractivity contribution < 1.29 is 9.90 Å². The van der Waals surface area contributed by atoms with Crippen molar-refractivity contribution in [2.45, 2.75) is 31.7 Å². The average Bonchev–Trinajstić information content (AvgIpc) is 2.79. The van der Waals surface area contributed by atoms with Crippen LogP contribution in [0.3, 0.4) is 0 Å². The maximum Gasteiger partial charge on any atom is 0.342 e. The van der Waals surface area contributed by atoms with Crippen LogP contribution in [0.5, 0.6) is 0 Å². The molecule has 1 fully saturated rings. The molecule has 17 heavy (non-hydrogen) atoms. The van der Waals surface area contributed by atoms with Gasteiger partial charge >= 0.3 is 11.7 Å². The van der Waals surface area contributed by atoms with E-state index in [1.807, 2.05) is 0 Å². The molecule has 2 rings (SSSR count). The second-order valence-corrected chi connectivity index (χ2v) is 4.34. The molecule has 6 heteroatoms. The van der Waals surface area contributed by atoms with Crippen molar-refractivity contribution >= 4 is 5.97 Å². The standard InChI is InChI=1S/C11H14N2O4/c1-12-9(14)8(10(15)16)6-13(11(12)17)7-4-2-3-5-7/h6-7H,2-5H2,1H3,(H,15,16). The van der Waals surface area contributed by atoms with Crippen molar-refractivity contribution in [1.29, 1.82) is 0 Å². The van der Waals surface area contributed by atoms with E-state index >= 15 is 0 Å². The van der Waals surface area contributed by atoms with Gasteiger partial charge in [-0.1, -0.05) is 12.8 Å². The summed E-state index contributed by atoms with van der Waals surface area (Å²) in [5.41, 5.74) is -1.54. The number of hydrogen-bond donors (Lipinski definition) is 1. The minimum atomic E-state index is -1.29. The first-order chi connectivity index (χ1) is 8.02. The number of aromatic carboxylic acids is 1. The van der Waals surface area contributed by atoms with Crippen LogP contribution in [-0.2, 0) is 7.05 Å². The third kappa shape index (κ3) is 1.90. The topological polar surface area (TPSA) is 81.3 Å². The maximum atomic E-state index is 11.9. The van der Waals surface area contributed by atoms with E-state index in [1.54, 1.807) is 0 Å². The third-order valence-corrected chi connectivity index (χ3v) is 3.26. The van der Waals surface area contributed by atoms with E-state index < -0.39 is 17.2 Å². The van der Waals surface area contributed by atoms with Crippen LogP contribution in [0.1, 0.15) is 42.1 Å². The van der Waals surface area contributed by atoms with Crippen LogP contribution in [0, 0.1) is 0 Å². The molecule has 6 nitrogen and oxygen atoms in total. The summed E-state index contributed by atoms with van der Waals surface area (Å²) >= 11 is 0. The Morgan fingerprint density at radius 2 is 1.94 bits per heavy atom. The van der Waals surface area contributed by atoms with Gasteiger partial charge in [-0.2, -0.15) is 0 Å². The average molecular weight is 238 g/mol. The lowest BCUT2D eigenvalue weighted by molar-refractivity contribution is 0.0692. The Kier molecular flexibility index (Phi) is 2.87. The van der Waals surface area contributed by atoms with Crippen molar-refractivity contribution in [2.75, 3.05) is 0 Å². The molecule has 1 saturated carbocycles. The zero-order valence-corrected chi connectivity index (χ0v) is 9.55. The smallest absolute Gasteiger partial charge is 0.342 e. The highest BCUT2D eigenvalue weighted by atomic mass is 16.4. The summed E-state index contributed by atoms with van der Waals surface area (Å²) in [5.74, 6) is -1.29. The fraction of sp³-hybridized carbons (Fsp3) is 0.545. The molecular formula is C11H14N2O4. The van der Waals surface area contributed by atoms with Gasteiger partial charge in [-0.3, -0.25) is 13.9 Å². The largest absolute Gasteiger partial charge is 0.477 e. The molecule has 1 aliphatic rings. The summed E-state index contributed by atoms with van der Waals surface area (Å²) in [6.07, 6.45) is 4.96. The Morgan fingerprint density at radius 3 is 2.47 bits per heavy atom. The highest BCUT2D eigenvalue weighted by Gasteiger charge is 2.22. The van der Waals surface area contributed by atoms with Gasteiger partial charge in [0.2, 0.25) is 0 Å². The zero-order chi connectivity index (χ0) is 12.6. The van der Waals surface area contributed by atoms with E-state index in [9.17, 15) is 14.4 Å². The zero-order valence-electron chi connectivity index (χ0n) is 9.55. The second-order valence-electron chi connectivity index (χ2n) is 4.34. The van der Waals surface area contributed by atoms with Gasteiger partial charge in [-0.25, -0.2) is 9.59 Å². The summed E-state index contributed by atoms with van der Waals surface area (Å²) in [5, 5.41) is 8.92. The first-order valence-corrected chi connectivity index (χ1v) is 5.58. The molecule has 0 aliphatic heterocycles. The number of hydrogen-bond acceptors (Lipinski definition) is 3. The number of rotatable bonds is 2. The van der Waals surface area contributed by atoms with Crippen LogP contribution in [0.4, 0.5) is 0 Å². The van der Waals surface area contributed by atoms with Gasteiger partial charge in [0.05, 0.1) is 0 Å². The van der Waals surface area contributed by atoms with Crippen LogP contribution < -0.4 is 11.2 Å². The molecule has 1 N–H and O–H groups in total. The Hall–Kier alpha value is -1.85. The molecule has 92 valence electrons. The van der Waals surface area contributed by atoms with Crippen molar-refractivity contribution in [3.63, 3.8) is 0 Å². The predicted octanol–water partition coefficient (Wildman–Crippen LogP) is 0.360. The van der Waals surface area contributed by atoms with Crippen molar-refractivity contribution in [1.82, 2.24) is 9.13 Å². The van der Waals surface area contributed by atoms with E-state index in [1.165, 1.54) is 17.8 Å². The van der Waals surface area contributed by atoms with E-state index in [0.29, 0.717) is 0 Å². The van der Waals surface area contributed by atoms with E-state index in [4.69, 9.17) is 5.11 Å². The number of aromatic nitrogens is 2. The number of carboxylic acid groups (broad SMARTS) is 1. The summed E-state index contributed by atoms with van der Waals surface area (Å²) in [6, 6.07) is 0.0207. The molecule has 0 saturated heterocycles. The first-order valence-electron chi connectivity index (χ1n) is 5.58. The molecule has 1 aliphatic carbocycles. The summed E-state index contributed by atoms with van der Waals surface area (Å²) in [6.45, 7) is 0. The molecule has 0 unspecified atom stereocenters. The summed E-state index contributed by atoms with van der Waals surface area (Å²) in [4.78, 5) is 34.4. The predicted molar refractivity (Wildman–Crippen MR) is 60.4 cm³/mol. The van der Waals surface area contributed by atoms with E-state index in [0.717, 1.165) is 30.3 Å². The van der Waals surface area contributed by atoms with Gasteiger partial charge in [-0.15, -0.1) is 0 Å². The van der Waals surface area contributed by atoms with Crippen LogP contribution in [0.25, 0.3) is 0 Å². The van der Waals surface area contributed by atoms with Gasteiger partial charge in [0.1, 0.15) is 5.56 Å². The van der Waals surface area contributed by atoms with Crippen molar-refractivity contribution in [3.05, 3.63) is 32.6 Å². The monoisotopic (exact) mass is 238 g/mol. The third-order valence-electron chi connectivity index (χ3n) is 3.26. The Balaban J connectivity index is 2.63. The summed E-state index contributed by atoms with van der Waals surface area (Å²) in [7, 11) is 1.31. The van der Waals surface area contributed by atoms with Gasteiger partial charge in [0.25, 0.3) is 5.56 Å². The van der Waals surface area contributed by atoms with Crippen LogP contribution in [0.2, 0.25) is 0 Å². The number of carboxylic acids is 1. The molecule has 1 aromatic rings. The van der Waals surface area contributed by atoms with Crippen LogP contribution >= 0.6 is 0 Å². The lowest BCUT2D eigenvalue weighted by Crippen LogP contribution is -2.41. The highest BCUT2D eigenvalue weighted by molar-refractivity contribution is 5.86. The SMILES string of the molecule is Cn1c(=O)c(C(=O)O)cn(C2CCCC2)c1=O. The van der Waals surface area contributed by atoms with Gasteiger partial charge in [0, 0.05) is 19.3 Å². The Labute approximate surface area is 97.1 Å². The minimum absolute atomic E-state index is 0.0207. The van der Waals surface area contributed by atoms with Crippen LogP contribution in [-0.4, -0.2) is 20.2 Å². The van der Waals surface area contributed by atoms with E-state index in [-0.39, 0.29) is 11.6 Å². The van der Waals surface area contributed by atoms with E-state index in [2.05, 4.69) is 0 Å². The Morgan fingerprint density at radius 1 is 1.35 bits per heavy atom. The fourth-order valence-corrected chi connectivity index (χ4v) is 2.28. The van der Waals surface area contributed by atoms with Crippen molar-refractivity contribution in [3.8, 4) is 0 Å². The van der Waals surface area contributed by atoms with Crippen molar-refractivity contribution in [2.24, 2.45) is 7.05 Å². The van der Waals surface area contributed by atoms with Crippen LogP contribution in [0.15, 0.2) is 15.8 Å². The molecule has 0 atom stereocenters. The lowest BCUT2D eigenvalue weighted by Gasteiger charge is -2.14. The fourth-order valence-electron chi connectivity index (χ4n) is 2.28. The van der Waals surface area contributed by atoms with Gasteiger partial charge in [-0.05, 0) is 12.8 Å². The molecule has 1 aromatic heterocycles. The summed E-state index contributed by atoms with van der Waals surface area (Å²) < 4.78 is 2.25. The maximum absolute atomic E-state index is 11.9. The Bertz CT molecular complexity index is 564. The molecule has 0 radical (unpaired) electrons. The lowest BCUT2D eigenvalue weighted by atomic mass is 10.2. The molecule has 1 heterocycles. The molecule has 0 spiro atoms. The molecule has 0 bridgehead atoms. The highest BCUT2D eigenvalue weighted by Crippen LogP contribution is 2.27. The van der Waals surface area contributed by atoms with Gasteiger partial charge in [0.15, 0.2) is 0 Å². The minimum Gasteiger partial charge on any atom is -0.477 e. The number of nitrogens with zero attached hydrogens (tertiary/aromatic N) is 2. The molecular weight excluding hydrogens is 224 g/mol. The normalized spacial score (nSPS) is 16.3. The molecule has 0 amide bonds. The first kappa shape index (κ1) is 11.6. The van der Waals surface area contributed by atoms with Gasteiger partial charge < -0.3 is 5.11 Å². The number of carbonyl (C=O) groups is 1. The molecule has 0 aromatic carbocycles. The quantitative estimate of drug-likeness (QED) is 0.806.